The van der Waals surface area contributed by atoms with Crippen LogP contribution in [0.4, 0.5) is 0 Å². The average Bonchev–Trinajstić information content (AvgIpc) is 3.29. The van der Waals surface area contributed by atoms with Crippen molar-refractivity contribution in [3.63, 3.8) is 0 Å². The molecule has 0 heterocycles. The molecule has 0 radical (unpaired) electrons. The zero-order valence-electron chi connectivity index (χ0n) is 42.8. The molecule has 0 unspecified atom stereocenters. The van der Waals surface area contributed by atoms with Crippen LogP contribution in [0.3, 0.4) is 0 Å². The number of carbonyl (C=O) groups is 3. The maximum Gasteiger partial charge on any atom is 0.306 e. The van der Waals surface area contributed by atoms with Gasteiger partial charge in [0, 0.05) is 19.3 Å². The molecule has 0 N–H and O–H groups in total. The Balaban J connectivity index is 4.34. The van der Waals surface area contributed by atoms with Crippen LogP contribution in [0.5, 0.6) is 0 Å². The number of ether oxygens (including phenoxy) is 3. The highest BCUT2D eigenvalue weighted by Gasteiger charge is 2.19. The summed E-state index contributed by atoms with van der Waals surface area (Å²) in [6, 6.07) is 0. The van der Waals surface area contributed by atoms with Crippen molar-refractivity contribution < 1.29 is 28.6 Å². The molecule has 374 valence electrons. The largest absolute Gasteiger partial charge is 0.462 e. The fourth-order valence-corrected chi connectivity index (χ4v) is 8.07. The molecule has 0 saturated heterocycles. The second-order valence-corrected chi connectivity index (χ2v) is 18.8. The standard InChI is InChI=1S/C58H106O6/c1-4-7-10-13-16-19-22-25-27-28-29-30-31-34-36-39-42-45-48-51-57(60)63-54-55(53-62-56(59)50-47-44-41-38-35-32-24-21-18-15-12-9-6-3)64-58(61)52-49-46-43-40-37-33-26-23-20-17-14-11-8-5-2/h21,23-27,55H,4-20,22,28-54H2,1-3H3/b24-21-,26-23-,27-25-/t55-/m1/s1. The molecule has 1 atom stereocenters. The summed E-state index contributed by atoms with van der Waals surface area (Å²) in [6.45, 7) is 6.62. The van der Waals surface area contributed by atoms with Gasteiger partial charge in [-0.15, -0.1) is 0 Å². The van der Waals surface area contributed by atoms with Gasteiger partial charge in [0.05, 0.1) is 0 Å². The molecule has 0 fully saturated rings. The highest BCUT2D eigenvalue weighted by Crippen LogP contribution is 2.15. The lowest BCUT2D eigenvalue weighted by Crippen LogP contribution is -2.30. The van der Waals surface area contributed by atoms with Crippen LogP contribution in [0.15, 0.2) is 36.5 Å². The molecule has 0 aliphatic carbocycles. The molecular weight excluding hydrogens is 793 g/mol. The van der Waals surface area contributed by atoms with Gasteiger partial charge in [-0.25, -0.2) is 0 Å². The molecule has 0 aromatic rings. The van der Waals surface area contributed by atoms with Gasteiger partial charge in [-0.2, -0.15) is 0 Å². The second-order valence-electron chi connectivity index (χ2n) is 18.8. The molecule has 0 aliphatic heterocycles. The minimum absolute atomic E-state index is 0.0772. The second kappa shape index (κ2) is 53.2. The van der Waals surface area contributed by atoms with E-state index in [0.717, 1.165) is 70.6 Å². The smallest absolute Gasteiger partial charge is 0.306 e. The summed E-state index contributed by atoms with van der Waals surface area (Å²) < 4.78 is 16.8. The van der Waals surface area contributed by atoms with E-state index in [1.165, 1.54) is 186 Å². The van der Waals surface area contributed by atoms with Crippen molar-refractivity contribution in [1.29, 1.82) is 0 Å². The first kappa shape index (κ1) is 61.6. The molecular formula is C58H106O6. The van der Waals surface area contributed by atoms with Gasteiger partial charge in [0.25, 0.3) is 0 Å². The zero-order valence-corrected chi connectivity index (χ0v) is 42.8. The van der Waals surface area contributed by atoms with E-state index in [4.69, 9.17) is 14.2 Å². The summed E-state index contributed by atoms with van der Waals surface area (Å²) in [5.74, 6) is -0.884. The topological polar surface area (TPSA) is 78.9 Å². The van der Waals surface area contributed by atoms with Gasteiger partial charge in [-0.05, 0) is 96.3 Å². The Labute approximate surface area is 397 Å². The highest BCUT2D eigenvalue weighted by atomic mass is 16.6. The molecule has 0 bridgehead atoms. The van der Waals surface area contributed by atoms with Crippen molar-refractivity contribution in [3.8, 4) is 0 Å². The molecule has 0 rings (SSSR count). The minimum Gasteiger partial charge on any atom is -0.462 e. The molecule has 0 spiro atoms. The van der Waals surface area contributed by atoms with E-state index >= 15 is 0 Å². The van der Waals surface area contributed by atoms with Gasteiger partial charge < -0.3 is 14.2 Å². The van der Waals surface area contributed by atoms with E-state index in [2.05, 4.69) is 57.2 Å². The van der Waals surface area contributed by atoms with Crippen molar-refractivity contribution in [2.24, 2.45) is 0 Å². The zero-order chi connectivity index (χ0) is 46.5. The average molecular weight is 899 g/mol. The van der Waals surface area contributed by atoms with Crippen LogP contribution < -0.4 is 0 Å². The van der Waals surface area contributed by atoms with E-state index in [9.17, 15) is 14.4 Å². The first-order valence-corrected chi connectivity index (χ1v) is 28.0. The summed E-state index contributed by atoms with van der Waals surface area (Å²) in [7, 11) is 0. The number of rotatable bonds is 51. The Hall–Kier alpha value is -2.37. The van der Waals surface area contributed by atoms with Gasteiger partial charge in [-0.3, -0.25) is 14.4 Å². The lowest BCUT2D eigenvalue weighted by Gasteiger charge is -2.18. The third-order valence-electron chi connectivity index (χ3n) is 12.3. The molecule has 64 heavy (non-hydrogen) atoms. The van der Waals surface area contributed by atoms with Crippen LogP contribution in [-0.4, -0.2) is 37.2 Å². The number of hydrogen-bond donors (Lipinski definition) is 0. The van der Waals surface area contributed by atoms with Crippen molar-refractivity contribution >= 4 is 17.9 Å². The van der Waals surface area contributed by atoms with E-state index in [-0.39, 0.29) is 31.1 Å². The van der Waals surface area contributed by atoms with Gasteiger partial charge in [0.15, 0.2) is 6.10 Å². The van der Waals surface area contributed by atoms with Crippen LogP contribution >= 0.6 is 0 Å². The summed E-state index contributed by atoms with van der Waals surface area (Å²) in [6.07, 6.45) is 62.7. The quantitative estimate of drug-likeness (QED) is 0.0262. The SMILES string of the molecule is CCCCCC/C=C\CCCCCCCC(=O)OC[C@H](COC(=O)CCCCCCCCCCC/C=C\CCCCCCCC)OC(=O)CCCCCCC/C=C\CCCCCCC. The number of unbranched alkanes of at least 4 members (excludes halogenated alkanes) is 34. The Morgan fingerprint density at radius 1 is 0.297 bits per heavy atom. The van der Waals surface area contributed by atoms with E-state index in [0.29, 0.717) is 19.3 Å². The van der Waals surface area contributed by atoms with Crippen LogP contribution in [0.25, 0.3) is 0 Å². The monoisotopic (exact) mass is 899 g/mol. The Bertz CT molecular complexity index is 1080. The molecule has 0 aromatic heterocycles. The van der Waals surface area contributed by atoms with Crippen LogP contribution in [-0.2, 0) is 28.6 Å². The maximum absolute atomic E-state index is 12.8. The fourth-order valence-electron chi connectivity index (χ4n) is 8.07. The van der Waals surface area contributed by atoms with E-state index in [1.54, 1.807) is 0 Å². The third kappa shape index (κ3) is 50.6. The predicted molar refractivity (Wildman–Crippen MR) is 275 cm³/mol. The summed E-state index contributed by atoms with van der Waals surface area (Å²) in [4.78, 5) is 38.1. The summed E-state index contributed by atoms with van der Waals surface area (Å²) >= 11 is 0. The lowest BCUT2D eigenvalue weighted by molar-refractivity contribution is -0.167. The maximum atomic E-state index is 12.8. The normalized spacial score (nSPS) is 12.2. The number of esters is 3. The van der Waals surface area contributed by atoms with Crippen molar-refractivity contribution in [2.75, 3.05) is 13.2 Å². The van der Waals surface area contributed by atoms with Crippen LogP contribution in [0, 0.1) is 0 Å². The Morgan fingerprint density at radius 2 is 0.516 bits per heavy atom. The molecule has 0 saturated carbocycles. The lowest BCUT2D eigenvalue weighted by atomic mass is 10.1. The van der Waals surface area contributed by atoms with Gasteiger partial charge in [0.2, 0.25) is 0 Å². The Kier molecular flexibility index (Phi) is 51.3. The van der Waals surface area contributed by atoms with Crippen molar-refractivity contribution in [2.45, 2.75) is 303 Å². The number of hydrogen-bond acceptors (Lipinski definition) is 6. The third-order valence-corrected chi connectivity index (χ3v) is 12.3. The van der Waals surface area contributed by atoms with Crippen molar-refractivity contribution in [1.82, 2.24) is 0 Å². The van der Waals surface area contributed by atoms with Gasteiger partial charge >= 0.3 is 17.9 Å². The Morgan fingerprint density at radius 3 is 0.797 bits per heavy atom. The first-order chi connectivity index (χ1) is 31.5. The molecule has 0 amide bonds. The summed E-state index contributed by atoms with van der Waals surface area (Å²) in [5.41, 5.74) is 0. The van der Waals surface area contributed by atoms with E-state index in [1.807, 2.05) is 0 Å². The van der Waals surface area contributed by atoms with Crippen molar-refractivity contribution in [3.05, 3.63) is 36.5 Å². The number of carbonyl (C=O) groups excluding carboxylic acids is 3. The number of allylic oxidation sites excluding steroid dienone is 6. The predicted octanol–water partition coefficient (Wildman–Crippen LogP) is 18.5. The van der Waals surface area contributed by atoms with Crippen LogP contribution in [0.2, 0.25) is 0 Å². The molecule has 0 aromatic carbocycles. The van der Waals surface area contributed by atoms with Gasteiger partial charge in [-0.1, -0.05) is 218 Å². The van der Waals surface area contributed by atoms with E-state index < -0.39 is 6.10 Å². The molecule has 0 aliphatic rings. The van der Waals surface area contributed by atoms with Gasteiger partial charge in [0.1, 0.15) is 13.2 Å². The fraction of sp³-hybridized carbons (Fsp3) is 0.845. The van der Waals surface area contributed by atoms with Crippen LogP contribution in [0.1, 0.15) is 297 Å². The minimum atomic E-state index is -0.778. The highest BCUT2D eigenvalue weighted by molar-refractivity contribution is 5.71. The molecule has 6 nitrogen and oxygen atoms in total. The molecule has 6 heteroatoms. The summed E-state index contributed by atoms with van der Waals surface area (Å²) in [5, 5.41) is 0. The first-order valence-electron chi connectivity index (χ1n) is 28.0.